The van der Waals surface area contributed by atoms with Gasteiger partial charge in [-0.25, -0.2) is 8.78 Å². The molecule has 0 fully saturated rings. The fraction of sp³-hybridized carbons (Fsp3) is 0.538. The van der Waals surface area contributed by atoms with Gasteiger partial charge in [0.2, 0.25) is 0 Å². The van der Waals surface area contributed by atoms with Crippen LogP contribution in [0.2, 0.25) is 0 Å². The molecule has 0 atom stereocenters. The molecule has 0 saturated heterocycles. The van der Waals surface area contributed by atoms with E-state index >= 15 is 0 Å². The molecule has 96 valence electrons. The summed E-state index contributed by atoms with van der Waals surface area (Å²) in [6.07, 6.45) is 4.70. The summed E-state index contributed by atoms with van der Waals surface area (Å²) in [5, 5.41) is 4.22. The van der Waals surface area contributed by atoms with E-state index in [1.165, 1.54) is 31.4 Å². The Labute approximate surface area is 110 Å². The third kappa shape index (κ3) is 6.13. The zero-order valence-corrected chi connectivity index (χ0v) is 11.4. The Morgan fingerprint density at radius 1 is 1.06 bits per heavy atom. The quantitative estimate of drug-likeness (QED) is 0.565. The van der Waals surface area contributed by atoms with Crippen LogP contribution in [0.5, 0.6) is 0 Å². The Hall–Kier alpha value is -0.480. The lowest BCUT2D eigenvalue weighted by molar-refractivity contribution is 0.551. The fourth-order valence-electron chi connectivity index (χ4n) is 1.59. The van der Waals surface area contributed by atoms with Crippen molar-refractivity contribution in [3.63, 3.8) is 0 Å². The molecule has 0 aromatic heterocycles. The highest BCUT2D eigenvalue weighted by Crippen LogP contribution is 2.09. The molecule has 0 saturated carbocycles. The second kappa shape index (κ2) is 8.59. The van der Waals surface area contributed by atoms with E-state index in [1.54, 1.807) is 0 Å². The smallest absolute Gasteiger partial charge is 0.130 e. The summed E-state index contributed by atoms with van der Waals surface area (Å²) in [5.74, 6) is -1.00. The maximum Gasteiger partial charge on any atom is 0.130 e. The normalized spacial score (nSPS) is 10.8. The van der Waals surface area contributed by atoms with E-state index in [4.69, 9.17) is 0 Å². The van der Waals surface area contributed by atoms with Crippen molar-refractivity contribution in [2.75, 3.05) is 11.9 Å². The van der Waals surface area contributed by atoms with Crippen molar-refractivity contribution in [2.45, 2.75) is 32.2 Å². The third-order valence-electron chi connectivity index (χ3n) is 2.57. The Morgan fingerprint density at radius 2 is 1.82 bits per heavy atom. The van der Waals surface area contributed by atoms with Gasteiger partial charge in [-0.2, -0.15) is 0 Å². The molecule has 0 amide bonds. The highest BCUT2D eigenvalue weighted by Gasteiger charge is 2.02. The van der Waals surface area contributed by atoms with Crippen LogP contribution in [-0.2, 0) is 6.54 Å². The van der Waals surface area contributed by atoms with Crippen LogP contribution < -0.4 is 5.32 Å². The van der Waals surface area contributed by atoms with Gasteiger partial charge in [-0.15, -0.1) is 0 Å². The molecule has 1 aromatic carbocycles. The molecule has 0 bridgehead atoms. The van der Waals surface area contributed by atoms with Gasteiger partial charge in [0, 0.05) is 23.5 Å². The highest BCUT2D eigenvalue weighted by molar-refractivity contribution is 9.09. The lowest BCUT2D eigenvalue weighted by Gasteiger charge is -2.06. The van der Waals surface area contributed by atoms with E-state index in [0.717, 1.165) is 24.4 Å². The lowest BCUT2D eigenvalue weighted by Crippen LogP contribution is -2.15. The minimum atomic E-state index is -0.527. The lowest BCUT2D eigenvalue weighted by atomic mass is 10.2. The van der Waals surface area contributed by atoms with Gasteiger partial charge in [0.15, 0.2) is 0 Å². The maximum atomic E-state index is 13.2. The highest BCUT2D eigenvalue weighted by atomic mass is 79.9. The number of halogens is 3. The minimum absolute atomic E-state index is 0.463. The summed E-state index contributed by atoms with van der Waals surface area (Å²) in [6, 6.07) is 3.70. The first-order valence-corrected chi connectivity index (χ1v) is 7.07. The van der Waals surface area contributed by atoms with Crippen LogP contribution in [0.1, 0.15) is 31.2 Å². The van der Waals surface area contributed by atoms with Crippen molar-refractivity contribution in [1.82, 2.24) is 5.32 Å². The molecule has 0 radical (unpaired) electrons. The van der Waals surface area contributed by atoms with E-state index in [0.29, 0.717) is 12.1 Å². The number of benzene rings is 1. The molecule has 1 aromatic rings. The molecular formula is C13H18BrF2N. The van der Waals surface area contributed by atoms with Crippen LogP contribution in [0, 0.1) is 11.6 Å². The predicted molar refractivity (Wildman–Crippen MR) is 70.3 cm³/mol. The van der Waals surface area contributed by atoms with Crippen LogP contribution in [0.4, 0.5) is 8.78 Å². The van der Waals surface area contributed by atoms with Crippen molar-refractivity contribution in [3.05, 3.63) is 35.4 Å². The summed E-state index contributed by atoms with van der Waals surface area (Å²) in [5.41, 5.74) is 0.520. The van der Waals surface area contributed by atoms with Crippen LogP contribution in [-0.4, -0.2) is 11.9 Å². The molecule has 1 rings (SSSR count). The molecule has 0 heterocycles. The van der Waals surface area contributed by atoms with Gasteiger partial charge in [0.25, 0.3) is 0 Å². The van der Waals surface area contributed by atoms with Crippen molar-refractivity contribution in [1.29, 1.82) is 0 Å². The third-order valence-corrected chi connectivity index (χ3v) is 3.13. The fourth-order valence-corrected chi connectivity index (χ4v) is 1.98. The van der Waals surface area contributed by atoms with Gasteiger partial charge < -0.3 is 5.32 Å². The van der Waals surface area contributed by atoms with E-state index in [9.17, 15) is 8.78 Å². The van der Waals surface area contributed by atoms with Gasteiger partial charge in [-0.05, 0) is 25.5 Å². The number of rotatable bonds is 8. The topological polar surface area (TPSA) is 12.0 Å². The number of nitrogens with one attached hydrogen (secondary N) is 1. The largest absolute Gasteiger partial charge is 0.313 e. The molecule has 0 aliphatic heterocycles. The summed E-state index contributed by atoms with van der Waals surface area (Å²) in [7, 11) is 0. The molecular weight excluding hydrogens is 288 g/mol. The van der Waals surface area contributed by atoms with Gasteiger partial charge >= 0.3 is 0 Å². The zero-order chi connectivity index (χ0) is 12.5. The van der Waals surface area contributed by atoms with Gasteiger partial charge in [0.05, 0.1) is 0 Å². The molecule has 0 aliphatic rings. The zero-order valence-electron chi connectivity index (χ0n) is 9.82. The Morgan fingerprint density at radius 3 is 2.53 bits per heavy atom. The molecule has 0 spiro atoms. The summed E-state index contributed by atoms with van der Waals surface area (Å²) >= 11 is 3.39. The first-order valence-electron chi connectivity index (χ1n) is 5.94. The summed E-state index contributed by atoms with van der Waals surface area (Å²) < 4.78 is 25.9. The first-order chi connectivity index (χ1) is 8.24. The second-order valence-electron chi connectivity index (χ2n) is 4.02. The summed E-state index contributed by atoms with van der Waals surface area (Å²) in [4.78, 5) is 0. The van der Waals surface area contributed by atoms with Crippen molar-refractivity contribution in [3.8, 4) is 0 Å². The van der Waals surface area contributed by atoms with E-state index in [2.05, 4.69) is 21.2 Å². The predicted octanol–water partition coefficient (Wildman–Crippen LogP) is 4.01. The van der Waals surface area contributed by atoms with E-state index in [1.807, 2.05) is 0 Å². The number of alkyl halides is 1. The molecule has 1 nitrogen and oxygen atoms in total. The monoisotopic (exact) mass is 305 g/mol. The number of unbranched alkanes of at least 4 members (excludes halogenated alkanes) is 3. The van der Waals surface area contributed by atoms with Crippen LogP contribution in [0.3, 0.4) is 0 Å². The van der Waals surface area contributed by atoms with Crippen LogP contribution >= 0.6 is 15.9 Å². The number of hydrogen-bond acceptors (Lipinski definition) is 1. The van der Waals surface area contributed by atoms with Gasteiger partial charge in [-0.3, -0.25) is 0 Å². The summed E-state index contributed by atoms with van der Waals surface area (Å²) in [6.45, 7) is 1.34. The Kier molecular flexibility index (Phi) is 7.37. The Balaban J connectivity index is 2.14. The molecule has 0 unspecified atom stereocenters. The maximum absolute atomic E-state index is 13.2. The van der Waals surface area contributed by atoms with Crippen molar-refractivity contribution < 1.29 is 8.78 Å². The second-order valence-corrected chi connectivity index (χ2v) is 4.81. The van der Waals surface area contributed by atoms with Crippen molar-refractivity contribution >= 4 is 15.9 Å². The average Bonchev–Trinajstić information content (AvgIpc) is 2.30. The SMILES string of the molecule is Fc1ccc(CNCCCCCCBr)c(F)c1. The average molecular weight is 306 g/mol. The van der Waals surface area contributed by atoms with E-state index < -0.39 is 11.6 Å². The molecule has 0 aliphatic carbocycles. The Bertz CT molecular complexity index is 331. The number of hydrogen-bond donors (Lipinski definition) is 1. The molecule has 4 heteroatoms. The van der Waals surface area contributed by atoms with Crippen LogP contribution in [0.15, 0.2) is 18.2 Å². The molecule has 17 heavy (non-hydrogen) atoms. The standard InChI is InChI=1S/C13H18BrF2N/c14-7-3-1-2-4-8-17-10-11-5-6-12(15)9-13(11)16/h5-6,9,17H,1-4,7-8,10H2. The minimum Gasteiger partial charge on any atom is -0.313 e. The van der Waals surface area contributed by atoms with Crippen LogP contribution in [0.25, 0.3) is 0 Å². The van der Waals surface area contributed by atoms with Gasteiger partial charge in [0.1, 0.15) is 11.6 Å². The van der Waals surface area contributed by atoms with Crippen molar-refractivity contribution in [2.24, 2.45) is 0 Å². The van der Waals surface area contributed by atoms with Gasteiger partial charge in [-0.1, -0.05) is 34.8 Å². The first kappa shape index (κ1) is 14.6. The van der Waals surface area contributed by atoms with E-state index in [-0.39, 0.29) is 0 Å². The molecule has 1 N–H and O–H groups in total.